The van der Waals surface area contributed by atoms with E-state index in [1.165, 1.54) is 0 Å². The Labute approximate surface area is 87.5 Å². The van der Waals surface area contributed by atoms with Crippen molar-refractivity contribution in [2.24, 2.45) is 5.73 Å². The van der Waals surface area contributed by atoms with Crippen LogP contribution in [0.1, 0.15) is 12.5 Å². The minimum atomic E-state index is -1.04. The van der Waals surface area contributed by atoms with Gasteiger partial charge in [-0.15, -0.1) is 0 Å². The lowest BCUT2D eigenvalue weighted by Gasteiger charge is -2.23. The molecule has 1 rings (SSSR count). The van der Waals surface area contributed by atoms with Crippen molar-refractivity contribution in [2.75, 3.05) is 6.54 Å². The molecule has 0 radical (unpaired) electrons. The van der Waals surface area contributed by atoms with Gasteiger partial charge in [-0.2, -0.15) is 0 Å². The predicted octanol–water partition coefficient (Wildman–Crippen LogP) is 1.64. The quantitative estimate of drug-likeness (QED) is 0.803. The summed E-state index contributed by atoms with van der Waals surface area (Å²) in [5, 5.41) is 9.62. The second kappa shape index (κ2) is 3.98. The van der Waals surface area contributed by atoms with E-state index in [9.17, 15) is 4.79 Å². The molecule has 14 heavy (non-hydrogen) atoms. The van der Waals surface area contributed by atoms with Crippen molar-refractivity contribution < 1.29 is 9.90 Å². The molecule has 3 nitrogen and oxygen atoms in total. The van der Waals surface area contributed by atoms with Crippen LogP contribution in [0.2, 0.25) is 5.02 Å². The largest absolute Gasteiger partial charge is 0.481 e. The topological polar surface area (TPSA) is 63.3 Å². The molecule has 1 aromatic carbocycles. The number of hydrogen-bond donors (Lipinski definition) is 2. The summed E-state index contributed by atoms with van der Waals surface area (Å²) in [6.07, 6.45) is 0. The third-order valence-corrected chi connectivity index (χ3v) is 2.61. The molecule has 0 saturated heterocycles. The highest BCUT2D eigenvalue weighted by molar-refractivity contribution is 6.30. The van der Waals surface area contributed by atoms with Crippen LogP contribution >= 0.6 is 11.6 Å². The molecular weight excluding hydrogens is 202 g/mol. The summed E-state index contributed by atoms with van der Waals surface area (Å²) in [7, 11) is 0. The lowest BCUT2D eigenvalue weighted by atomic mass is 9.83. The van der Waals surface area contributed by atoms with Gasteiger partial charge in [-0.1, -0.05) is 23.7 Å². The summed E-state index contributed by atoms with van der Waals surface area (Å²) in [6, 6.07) is 6.69. The first-order valence-electron chi connectivity index (χ1n) is 4.20. The Hall–Kier alpha value is -1.06. The summed E-state index contributed by atoms with van der Waals surface area (Å²) in [6.45, 7) is 1.66. The molecule has 1 aromatic rings. The maximum atomic E-state index is 11.0. The molecule has 1 atom stereocenters. The van der Waals surface area contributed by atoms with Gasteiger partial charge in [-0.05, 0) is 24.6 Å². The molecule has 4 heteroatoms. The van der Waals surface area contributed by atoms with Crippen LogP contribution in [0.5, 0.6) is 0 Å². The Morgan fingerprint density at radius 3 is 2.36 bits per heavy atom. The van der Waals surface area contributed by atoms with Crippen molar-refractivity contribution >= 4 is 17.6 Å². The Morgan fingerprint density at radius 2 is 2.00 bits per heavy atom. The van der Waals surface area contributed by atoms with Crippen LogP contribution in [-0.2, 0) is 10.2 Å². The third-order valence-electron chi connectivity index (χ3n) is 2.36. The number of carboxylic acid groups (broad SMARTS) is 1. The van der Waals surface area contributed by atoms with Crippen LogP contribution in [0, 0.1) is 0 Å². The van der Waals surface area contributed by atoms with Crippen molar-refractivity contribution in [2.45, 2.75) is 12.3 Å². The van der Waals surface area contributed by atoms with Crippen LogP contribution in [0.4, 0.5) is 0 Å². The number of hydrogen-bond acceptors (Lipinski definition) is 2. The zero-order chi connectivity index (χ0) is 10.8. The average Bonchev–Trinajstić information content (AvgIpc) is 2.17. The number of nitrogens with two attached hydrogens (primary N) is 1. The summed E-state index contributed by atoms with van der Waals surface area (Å²) in [5.41, 5.74) is 5.09. The second-order valence-electron chi connectivity index (χ2n) is 3.35. The van der Waals surface area contributed by atoms with Gasteiger partial charge in [0.25, 0.3) is 0 Å². The molecule has 0 fully saturated rings. The fourth-order valence-corrected chi connectivity index (χ4v) is 1.27. The molecular formula is C10H12ClNO2. The monoisotopic (exact) mass is 213 g/mol. The third kappa shape index (κ3) is 1.89. The standard InChI is InChI=1S/C10H12ClNO2/c1-10(6-12,9(13)14)7-2-4-8(11)5-3-7/h2-5H,6,12H2,1H3,(H,13,14). The number of aliphatic carboxylic acids is 1. The van der Waals surface area contributed by atoms with E-state index in [-0.39, 0.29) is 6.54 Å². The van der Waals surface area contributed by atoms with E-state index < -0.39 is 11.4 Å². The van der Waals surface area contributed by atoms with Gasteiger partial charge in [-0.25, -0.2) is 0 Å². The first kappa shape index (κ1) is 11.0. The second-order valence-corrected chi connectivity index (χ2v) is 3.78. The molecule has 0 spiro atoms. The SMILES string of the molecule is CC(CN)(C(=O)O)c1ccc(Cl)cc1. The van der Waals surface area contributed by atoms with Crippen molar-refractivity contribution in [3.8, 4) is 0 Å². The molecule has 1 unspecified atom stereocenters. The molecule has 76 valence electrons. The molecule has 0 aliphatic carbocycles. The van der Waals surface area contributed by atoms with Crippen LogP contribution < -0.4 is 5.73 Å². The van der Waals surface area contributed by atoms with Crippen LogP contribution in [0.15, 0.2) is 24.3 Å². The number of carboxylic acids is 1. The highest BCUT2D eigenvalue weighted by Crippen LogP contribution is 2.24. The summed E-state index contributed by atoms with van der Waals surface area (Å²) < 4.78 is 0. The summed E-state index contributed by atoms with van der Waals surface area (Å²) in [5.74, 6) is -0.928. The molecule has 0 aromatic heterocycles. The Bertz CT molecular complexity index is 336. The summed E-state index contributed by atoms with van der Waals surface area (Å²) in [4.78, 5) is 11.0. The van der Waals surface area contributed by atoms with E-state index in [2.05, 4.69) is 0 Å². The van der Waals surface area contributed by atoms with Crippen LogP contribution in [0.3, 0.4) is 0 Å². The molecule has 0 heterocycles. The Kier molecular flexibility index (Phi) is 3.13. The van der Waals surface area contributed by atoms with Gasteiger partial charge < -0.3 is 10.8 Å². The molecule has 3 N–H and O–H groups in total. The van der Waals surface area contributed by atoms with Gasteiger partial charge in [0.05, 0.1) is 0 Å². The zero-order valence-corrected chi connectivity index (χ0v) is 8.58. The molecule has 0 amide bonds. The van der Waals surface area contributed by atoms with Crippen molar-refractivity contribution in [1.82, 2.24) is 0 Å². The van der Waals surface area contributed by atoms with E-state index in [0.717, 1.165) is 0 Å². The highest BCUT2D eigenvalue weighted by atomic mass is 35.5. The van der Waals surface area contributed by atoms with E-state index in [0.29, 0.717) is 10.6 Å². The van der Waals surface area contributed by atoms with Gasteiger partial charge >= 0.3 is 5.97 Å². The van der Waals surface area contributed by atoms with Crippen molar-refractivity contribution in [3.05, 3.63) is 34.9 Å². The van der Waals surface area contributed by atoms with Crippen LogP contribution in [-0.4, -0.2) is 17.6 Å². The van der Waals surface area contributed by atoms with Crippen LogP contribution in [0.25, 0.3) is 0 Å². The molecule has 0 aliphatic rings. The fourth-order valence-electron chi connectivity index (χ4n) is 1.15. The van der Waals surface area contributed by atoms with Gasteiger partial charge in [-0.3, -0.25) is 4.79 Å². The van der Waals surface area contributed by atoms with E-state index >= 15 is 0 Å². The number of rotatable bonds is 3. The fraction of sp³-hybridized carbons (Fsp3) is 0.300. The van der Waals surface area contributed by atoms with Crippen molar-refractivity contribution in [3.63, 3.8) is 0 Å². The average molecular weight is 214 g/mol. The summed E-state index contributed by atoms with van der Waals surface area (Å²) >= 11 is 5.71. The zero-order valence-electron chi connectivity index (χ0n) is 7.83. The van der Waals surface area contributed by atoms with Crippen molar-refractivity contribution in [1.29, 1.82) is 0 Å². The maximum Gasteiger partial charge on any atom is 0.315 e. The first-order chi connectivity index (χ1) is 6.50. The smallest absolute Gasteiger partial charge is 0.315 e. The van der Waals surface area contributed by atoms with E-state index in [4.69, 9.17) is 22.4 Å². The Morgan fingerprint density at radius 1 is 1.50 bits per heavy atom. The number of carbonyl (C=O) groups is 1. The van der Waals surface area contributed by atoms with E-state index in [1.807, 2.05) is 0 Å². The lowest BCUT2D eigenvalue weighted by molar-refractivity contribution is -0.142. The first-order valence-corrected chi connectivity index (χ1v) is 4.58. The highest BCUT2D eigenvalue weighted by Gasteiger charge is 2.33. The minimum absolute atomic E-state index is 0.0595. The lowest BCUT2D eigenvalue weighted by Crippen LogP contribution is -2.39. The van der Waals surface area contributed by atoms with Gasteiger partial charge in [0.1, 0.15) is 5.41 Å². The maximum absolute atomic E-state index is 11.0. The Balaban J connectivity index is 3.13. The number of halogens is 1. The number of benzene rings is 1. The van der Waals surface area contributed by atoms with Gasteiger partial charge in [0.15, 0.2) is 0 Å². The molecule has 0 saturated carbocycles. The molecule has 0 aliphatic heterocycles. The van der Waals surface area contributed by atoms with Gasteiger partial charge in [0.2, 0.25) is 0 Å². The molecule has 0 bridgehead atoms. The minimum Gasteiger partial charge on any atom is -0.481 e. The predicted molar refractivity (Wildman–Crippen MR) is 55.5 cm³/mol. The van der Waals surface area contributed by atoms with E-state index in [1.54, 1.807) is 31.2 Å². The van der Waals surface area contributed by atoms with Gasteiger partial charge in [0, 0.05) is 11.6 Å². The normalized spacial score (nSPS) is 14.8.